The van der Waals surface area contributed by atoms with E-state index in [1.54, 1.807) is 11.1 Å². The van der Waals surface area contributed by atoms with Gasteiger partial charge in [0.15, 0.2) is 0 Å². The van der Waals surface area contributed by atoms with Crippen LogP contribution in [0.2, 0.25) is 0 Å². The minimum Gasteiger partial charge on any atom is -0.315 e. The molecule has 2 nitrogen and oxygen atoms in total. The summed E-state index contributed by atoms with van der Waals surface area (Å²) in [5.74, 6) is 4.63. The smallest absolute Gasteiger partial charge is 0.00768 e. The summed E-state index contributed by atoms with van der Waals surface area (Å²) in [4.78, 5) is 0. The molecule has 0 aromatic carbocycles. The van der Waals surface area contributed by atoms with Crippen LogP contribution in [0.15, 0.2) is 23.3 Å². The molecule has 6 atom stereocenters. The SMILES string of the molecule is CC1=CC(C)C(CNCCNCC2C(C)C=C(C)CC2C)C(C)C1. The number of rotatable bonds is 7. The van der Waals surface area contributed by atoms with Gasteiger partial charge >= 0.3 is 0 Å². The lowest BCUT2D eigenvalue weighted by atomic mass is 9.75. The second-order valence-electron chi connectivity index (χ2n) is 8.84. The quantitative estimate of drug-likeness (QED) is 0.524. The average Bonchev–Trinajstić information content (AvgIpc) is 2.46. The van der Waals surface area contributed by atoms with Crippen LogP contribution in [-0.4, -0.2) is 26.2 Å². The maximum absolute atomic E-state index is 3.69. The van der Waals surface area contributed by atoms with E-state index in [4.69, 9.17) is 0 Å². The molecule has 0 saturated carbocycles. The lowest BCUT2D eigenvalue weighted by Crippen LogP contribution is -2.39. The van der Waals surface area contributed by atoms with E-state index in [-0.39, 0.29) is 0 Å². The number of nitrogens with one attached hydrogen (secondary N) is 2. The molecule has 2 aliphatic rings. The fourth-order valence-electron chi connectivity index (χ4n) is 5.12. The van der Waals surface area contributed by atoms with Gasteiger partial charge in [-0.2, -0.15) is 0 Å². The maximum Gasteiger partial charge on any atom is 0.00768 e. The van der Waals surface area contributed by atoms with E-state index in [0.717, 1.165) is 49.9 Å². The lowest BCUT2D eigenvalue weighted by Gasteiger charge is -2.34. The second kappa shape index (κ2) is 9.20. The summed E-state index contributed by atoms with van der Waals surface area (Å²) < 4.78 is 0. The molecule has 0 radical (unpaired) electrons. The Labute approximate surface area is 150 Å². The van der Waals surface area contributed by atoms with Crippen molar-refractivity contribution < 1.29 is 0 Å². The first-order valence-corrected chi connectivity index (χ1v) is 10.1. The van der Waals surface area contributed by atoms with E-state index >= 15 is 0 Å². The molecule has 0 aromatic rings. The van der Waals surface area contributed by atoms with Crippen LogP contribution in [-0.2, 0) is 0 Å². The van der Waals surface area contributed by atoms with Gasteiger partial charge < -0.3 is 10.6 Å². The molecule has 0 bridgehead atoms. The Morgan fingerprint density at radius 2 is 1.12 bits per heavy atom. The van der Waals surface area contributed by atoms with Crippen LogP contribution >= 0.6 is 0 Å². The zero-order valence-electron chi connectivity index (χ0n) is 16.9. The van der Waals surface area contributed by atoms with Crippen molar-refractivity contribution in [3.05, 3.63) is 23.3 Å². The molecular formula is C22H40N2. The zero-order valence-corrected chi connectivity index (χ0v) is 16.9. The Hall–Kier alpha value is -0.600. The maximum atomic E-state index is 3.69. The van der Waals surface area contributed by atoms with E-state index in [0.29, 0.717) is 11.8 Å². The molecule has 2 N–H and O–H groups in total. The molecule has 2 aliphatic carbocycles. The van der Waals surface area contributed by atoms with Crippen LogP contribution in [0.5, 0.6) is 0 Å². The van der Waals surface area contributed by atoms with Gasteiger partial charge in [0.25, 0.3) is 0 Å². The fourth-order valence-corrected chi connectivity index (χ4v) is 5.12. The minimum atomic E-state index is 0.716. The van der Waals surface area contributed by atoms with E-state index in [9.17, 15) is 0 Å². The number of allylic oxidation sites excluding steroid dienone is 4. The summed E-state index contributed by atoms with van der Waals surface area (Å²) in [5.41, 5.74) is 3.15. The van der Waals surface area contributed by atoms with Crippen molar-refractivity contribution in [1.29, 1.82) is 0 Å². The van der Waals surface area contributed by atoms with Gasteiger partial charge in [0.1, 0.15) is 0 Å². The third kappa shape index (κ3) is 5.46. The molecule has 0 aliphatic heterocycles. The predicted octanol–water partition coefficient (Wildman–Crippen LogP) is 4.64. The molecule has 0 saturated heterocycles. The highest BCUT2D eigenvalue weighted by atomic mass is 14.9. The van der Waals surface area contributed by atoms with Gasteiger partial charge in [-0.25, -0.2) is 0 Å². The lowest BCUT2D eigenvalue weighted by molar-refractivity contribution is 0.253. The summed E-state index contributed by atoms with van der Waals surface area (Å²) in [6, 6.07) is 0. The van der Waals surface area contributed by atoms with Crippen LogP contribution in [0, 0.1) is 35.5 Å². The normalized spacial score (nSPS) is 37.1. The Kier molecular flexibility index (Phi) is 7.56. The average molecular weight is 333 g/mol. The van der Waals surface area contributed by atoms with Crippen molar-refractivity contribution in [2.24, 2.45) is 35.5 Å². The summed E-state index contributed by atoms with van der Waals surface area (Å²) in [6.07, 6.45) is 7.51. The van der Waals surface area contributed by atoms with Crippen molar-refractivity contribution in [2.45, 2.75) is 54.4 Å². The van der Waals surface area contributed by atoms with Gasteiger partial charge in [-0.05, 0) is 75.3 Å². The highest BCUT2D eigenvalue weighted by Gasteiger charge is 2.27. The summed E-state index contributed by atoms with van der Waals surface area (Å²) in [5, 5.41) is 7.39. The van der Waals surface area contributed by atoms with Crippen molar-refractivity contribution in [3.8, 4) is 0 Å². The Morgan fingerprint density at radius 3 is 1.46 bits per heavy atom. The number of hydrogen-bond acceptors (Lipinski definition) is 2. The Balaban J connectivity index is 1.62. The Bertz CT molecular complexity index is 409. The van der Waals surface area contributed by atoms with Crippen molar-refractivity contribution in [1.82, 2.24) is 10.6 Å². The van der Waals surface area contributed by atoms with E-state index in [1.165, 1.54) is 12.8 Å². The highest BCUT2D eigenvalue weighted by Crippen LogP contribution is 2.33. The summed E-state index contributed by atoms with van der Waals surface area (Å²) >= 11 is 0. The zero-order chi connectivity index (χ0) is 17.7. The summed E-state index contributed by atoms with van der Waals surface area (Å²) in [7, 11) is 0. The minimum absolute atomic E-state index is 0.716. The van der Waals surface area contributed by atoms with Crippen LogP contribution in [0.1, 0.15) is 54.4 Å². The Morgan fingerprint density at radius 1 is 0.750 bits per heavy atom. The first-order chi connectivity index (χ1) is 11.4. The fraction of sp³-hybridized carbons (Fsp3) is 0.818. The van der Waals surface area contributed by atoms with Gasteiger partial charge in [0.2, 0.25) is 0 Å². The molecule has 6 unspecified atom stereocenters. The highest BCUT2D eigenvalue weighted by molar-refractivity contribution is 5.09. The van der Waals surface area contributed by atoms with Crippen LogP contribution < -0.4 is 10.6 Å². The molecule has 0 spiro atoms. The monoisotopic (exact) mass is 332 g/mol. The van der Waals surface area contributed by atoms with Gasteiger partial charge in [-0.1, -0.05) is 51.0 Å². The predicted molar refractivity (Wildman–Crippen MR) is 106 cm³/mol. The standard InChI is InChI=1S/C22H40N2/c1-15-9-17(3)21(18(4)10-15)13-23-7-8-24-14-22-19(5)11-16(2)12-20(22)6/h9,11,17-24H,7-8,10,12-14H2,1-6H3. The first kappa shape index (κ1) is 19.7. The molecule has 0 aromatic heterocycles. The van der Waals surface area contributed by atoms with Gasteiger partial charge in [0, 0.05) is 13.1 Å². The molecule has 0 fully saturated rings. The van der Waals surface area contributed by atoms with Crippen LogP contribution in [0.25, 0.3) is 0 Å². The van der Waals surface area contributed by atoms with E-state index in [1.807, 2.05) is 0 Å². The molecule has 2 rings (SSSR count). The largest absolute Gasteiger partial charge is 0.315 e. The first-order valence-electron chi connectivity index (χ1n) is 10.1. The molecule has 0 heterocycles. The molecule has 2 heteroatoms. The second-order valence-corrected chi connectivity index (χ2v) is 8.84. The van der Waals surface area contributed by atoms with Gasteiger partial charge in [-0.3, -0.25) is 0 Å². The van der Waals surface area contributed by atoms with E-state index in [2.05, 4.69) is 64.3 Å². The molecule has 0 amide bonds. The van der Waals surface area contributed by atoms with Crippen LogP contribution in [0.4, 0.5) is 0 Å². The van der Waals surface area contributed by atoms with Crippen molar-refractivity contribution in [2.75, 3.05) is 26.2 Å². The van der Waals surface area contributed by atoms with E-state index < -0.39 is 0 Å². The molecule has 138 valence electrons. The summed E-state index contributed by atoms with van der Waals surface area (Å²) in [6.45, 7) is 18.6. The van der Waals surface area contributed by atoms with Gasteiger partial charge in [-0.15, -0.1) is 0 Å². The number of hydrogen-bond donors (Lipinski definition) is 2. The third-order valence-corrected chi connectivity index (χ3v) is 6.43. The van der Waals surface area contributed by atoms with Crippen LogP contribution in [0.3, 0.4) is 0 Å². The van der Waals surface area contributed by atoms with Crippen molar-refractivity contribution in [3.63, 3.8) is 0 Å². The topological polar surface area (TPSA) is 24.1 Å². The van der Waals surface area contributed by atoms with Gasteiger partial charge in [0.05, 0.1) is 0 Å². The third-order valence-electron chi connectivity index (χ3n) is 6.43. The molecular weight excluding hydrogens is 292 g/mol. The molecule has 24 heavy (non-hydrogen) atoms. The van der Waals surface area contributed by atoms with Crippen molar-refractivity contribution >= 4 is 0 Å².